The number of hydrogen-bond donors (Lipinski definition) is 3. The van der Waals surface area contributed by atoms with Crippen molar-refractivity contribution in [3.05, 3.63) is 91.4 Å². The van der Waals surface area contributed by atoms with Gasteiger partial charge >= 0.3 is 0 Å². The summed E-state index contributed by atoms with van der Waals surface area (Å²) >= 11 is 24.7. The molecule has 5 nitrogen and oxygen atoms in total. The molecule has 3 N–H and O–H groups in total. The lowest BCUT2D eigenvalue weighted by atomic mass is 9.83. The van der Waals surface area contributed by atoms with Crippen LogP contribution in [0.1, 0.15) is 16.7 Å². The fourth-order valence-electron chi connectivity index (χ4n) is 3.21. The van der Waals surface area contributed by atoms with Gasteiger partial charge in [0.25, 0.3) is 10.1 Å². The fraction of sp³-hybridized carbons (Fsp3) is 0.0526. The van der Waals surface area contributed by atoms with Gasteiger partial charge in [0, 0.05) is 21.7 Å². The zero-order valence-corrected chi connectivity index (χ0v) is 18.1. The molecule has 0 heterocycles. The fourth-order valence-corrected chi connectivity index (χ4v) is 5.59. The quantitative estimate of drug-likeness (QED) is 0.311. The first-order valence-electron chi connectivity index (χ1n) is 7.91. The van der Waals surface area contributed by atoms with E-state index in [4.69, 9.17) is 46.4 Å². The zero-order valence-electron chi connectivity index (χ0n) is 14.3. The molecule has 0 aliphatic rings. The highest BCUT2D eigenvalue weighted by Gasteiger charge is 2.52. The van der Waals surface area contributed by atoms with Crippen LogP contribution >= 0.6 is 46.4 Å². The number of aromatic hydroxyl groups is 2. The molecule has 0 spiro atoms. The maximum Gasteiger partial charge on any atom is 0.283 e. The Kier molecular flexibility index (Phi) is 5.98. The Labute approximate surface area is 186 Å². The van der Waals surface area contributed by atoms with Crippen molar-refractivity contribution < 1.29 is 23.2 Å². The van der Waals surface area contributed by atoms with E-state index < -0.39 is 26.4 Å². The highest BCUT2D eigenvalue weighted by Crippen LogP contribution is 2.53. The van der Waals surface area contributed by atoms with Crippen molar-refractivity contribution in [2.75, 3.05) is 0 Å². The molecular formula is C19H12Cl4O5S. The minimum absolute atomic E-state index is 0.0373. The molecule has 0 amide bonds. The number of halogens is 4. The predicted octanol–water partition coefficient (Wildman–Crippen LogP) is 5.89. The molecule has 3 aromatic rings. The molecule has 0 saturated heterocycles. The van der Waals surface area contributed by atoms with E-state index in [2.05, 4.69) is 0 Å². The van der Waals surface area contributed by atoms with Crippen LogP contribution in [0.3, 0.4) is 0 Å². The standard InChI is InChI=1S/C19H12Cl4O5S/c20-13-6-2-1-4-10(13)19(29(26,27)28,12-5-3-7-14(21)18(12)25)11-8-9-15(24)17(23)16(11)22/h1-9,24-25H,(H,26,27,28). The van der Waals surface area contributed by atoms with Crippen molar-refractivity contribution in [3.8, 4) is 11.5 Å². The third-order valence-electron chi connectivity index (χ3n) is 4.45. The number of para-hydroxylation sites is 1. The van der Waals surface area contributed by atoms with Crippen LogP contribution < -0.4 is 0 Å². The lowest BCUT2D eigenvalue weighted by molar-refractivity contribution is 0.440. The van der Waals surface area contributed by atoms with E-state index in [1.54, 1.807) is 6.07 Å². The van der Waals surface area contributed by atoms with Gasteiger partial charge in [-0.3, -0.25) is 4.55 Å². The van der Waals surface area contributed by atoms with Crippen LogP contribution in [0.25, 0.3) is 0 Å². The molecule has 152 valence electrons. The molecule has 29 heavy (non-hydrogen) atoms. The summed E-state index contributed by atoms with van der Waals surface area (Å²) in [4.78, 5) is 0. The average Bonchev–Trinajstić information content (AvgIpc) is 2.65. The average molecular weight is 494 g/mol. The van der Waals surface area contributed by atoms with Crippen LogP contribution in [0, 0.1) is 0 Å². The van der Waals surface area contributed by atoms with Crippen LogP contribution in [-0.4, -0.2) is 23.2 Å². The van der Waals surface area contributed by atoms with Crippen LogP contribution in [0.15, 0.2) is 54.6 Å². The number of hydrogen-bond acceptors (Lipinski definition) is 4. The molecule has 0 saturated carbocycles. The van der Waals surface area contributed by atoms with Gasteiger partial charge in [-0.15, -0.1) is 0 Å². The van der Waals surface area contributed by atoms with E-state index in [1.165, 1.54) is 42.5 Å². The second-order valence-corrected chi connectivity index (χ2v) is 9.17. The SMILES string of the molecule is O=S(=O)(O)C(c1ccccc1Cl)(c1cccc(Cl)c1O)c1ccc(O)c(Cl)c1Cl. The predicted molar refractivity (Wildman–Crippen MR) is 114 cm³/mol. The largest absolute Gasteiger partial charge is 0.506 e. The third-order valence-corrected chi connectivity index (χ3v) is 7.39. The monoisotopic (exact) mass is 492 g/mol. The smallest absolute Gasteiger partial charge is 0.283 e. The highest BCUT2D eigenvalue weighted by atomic mass is 35.5. The van der Waals surface area contributed by atoms with E-state index in [1.807, 2.05) is 0 Å². The summed E-state index contributed by atoms with van der Waals surface area (Å²) in [5, 5.41) is 19.6. The first-order valence-corrected chi connectivity index (χ1v) is 10.9. The number of phenols is 2. The summed E-state index contributed by atoms with van der Waals surface area (Å²) in [6.07, 6.45) is 0. The van der Waals surface area contributed by atoms with Crippen LogP contribution in [0.4, 0.5) is 0 Å². The Morgan fingerprint density at radius 3 is 1.90 bits per heavy atom. The summed E-state index contributed by atoms with van der Waals surface area (Å²) in [7, 11) is -5.13. The minimum Gasteiger partial charge on any atom is -0.506 e. The Hall–Kier alpha value is -1.67. The van der Waals surface area contributed by atoms with Crippen LogP contribution in [-0.2, 0) is 14.9 Å². The van der Waals surface area contributed by atoms with E-state index in [9.17, 15) is 23.2 Å². The molecule has 0 aliphatic carbocycles. The van der Waals surface area contributed by atoms with Crippen molar-refractivity contribution in [2.45, 2.75) is 4.75 Å². The van der Waals surface area contributed by atoms with Gasteiger partial charge < -0.3 is 10.2 Å². The van der Waals surface area contributed by atoms with Crippen molar-refractivity contribution in [2.24, 2.45) is 0 Å². The Balaban J connectivity index is 2.66. The summed E-state index contributed by atoms with van der Waals surface area (Å²) in [6.45, 7) is 0. The number of rotatable bonds is 4. The lowest BCUT2D eigenvalue weighted by Gasteiger charge is -2.34. The molecule has 0 radical (unpaired) electrons. The van der Waals surface area contributed by atoms with Gasteiger partial charge in [0.2, 0.25) is 0 Å². The number of benzene rings is 3. The van der Waals surface area contributed by atoms with Gasteiger partial charge in [0.05, 0.1) is 10.0 Å². The molecule has 0 aliphatic heterocycles. The first-order chi connectivity index (χ1) is 13.5. The maximum absolute atomic E-state index is 13.0. The molecule has 0 aromatic heterocycles. The Bertz CT molecular complexity index is 1210. The van der Waals surface area contributed by atoms with Gasteiger partial charge in [-0.1, -0.05) is 82.8 Å². The van der Waals surface area contributed by atoms with E-state index in [0.29, 0.717) is 0 Å². The molecule has 3 aromatic carbocycles. The van der Waals surface area contributed by atoms with Gasteiger partial charge in [-0.05, 0) is 18.2 Å². The molecule has 3 rings (SSSR count). The second-order valence-electron chi connectivity index (χ2n) is 6.03. The van der Waals surface area contributed by atoms with Crippen molar-refractivity contribution in [3.63, 3.8) is 0 Å². The molecule has 10 heteroatoms. The maximum atomic E-state index is 13.0. The van der Waals surface area contributed by atoms with Gasteiger partial charge in [-0.25, -0.2) is 0 Å². The van der Waals surface area contributed by atoms with Crippen LogP contribution in [0.2, 0.25) is 20.1 Å². The normalized spacial score (nSPS) is 13.8. The first kappa shape index (κ1) is 22.0. The molecule has 1 unspecified atom stereocenters. The van der Waals surface area contributed by atoms with E-state index in [-0.39, 0.29) is 36.8 Å². The molecular weight excluding hydrogens is 482 g/mol. The van der Waals surface area contributed by atoms with Gasteiger partial charge in [-0.2, -0.15) is 8.42 Å². The molecule has 1 atom stereocenters. The van der Waals surface area contributed by atoms with Gasteiger partial charge in [0.15, 0.2) is 4.75 Å². The third kappa shape index (κ3) is 3.44. The van der Waals surface area contributed by atoms with E-state index >= 15 is 0 Å². The van der Waals surface area contributed by atoms with Crippen LogP contribution in [0.5, 0.6) is 11.5 Å². The molecule has 0 bridgehead atoms. The lowest BCUT2D eigenvalue weighted by Crippen LogP contribution is -2.39. The summed E-state index contributed by atoms with van der Waals surface area (Å²) in [5.41, 5.74) is -0.648. The van der Waals surface area contributed by atoms with Crippen molar-refractivity contribution in [1.29, 1.82) is 0 Å². The topological polar surface area (TPSA) is 94.8 Å². The minimum atomic E-state index is -5.13. The van der Waals surface area contributed by atoms with Gasteiger partial charge in [0.1, 0.15) is 16.5 Å². The summed E-state index contributed by atoms with van der Waals surface area (Å²) in [5.74, 6) is -1.01. The Morgan fingerprint density at radius 1 is 0.690 bits per heavy atom. The molecule has 0 fully saturated rings. The second kappa shape index (κ2) is 7.87. The van der Waals surface area contributed by atoms with Crippen molar-refractivity contribution in [1.82, 2.24) is 0 Å². The zero-order chi connectivity index (χ0) is 21.6. The highest BCUT2D eigenvalue weighted by molar-refractivity contribution is 7.87. The van der Waals surface area contributed by atoms with E-state index in [0.717, 1.165) is 6.07 Å². The van der Waals surface area contributed by atoms with Crippen molar-refractivity contribution >= 4 is 56.5 Å². The Morgan fingerprint density at radius 2 is 1.28 bits per heavy atom. The number of phenolic OH excluding ortho intramolecular Hbond substituents is 2. The summed E-state index contributed by atoms with van der Waals surface area (Å²) < 4.78 is 34.0. The summed E-state index contributed by atoms with van der Waals surface area (Å²) in [6, 6.07) is 12.1.